The van der Waals surface area contributed by atoms with Crippen LogP contribution < -0.4 is 16.6 Å². The molecule has 112 valence electrons. The number of nitrogens with two attached hydrogens (primary N) is 1. The molecule has 0 bridgehead atoms. The number of rotatable bonds is 7. The summed E-state index contributed by atoms with van der Waals surface area (Å²) in [7, 11) is 1.70. The Balaban J connectivity index is 2.24. The summed E-state index contributed by atoms with van der Waals surface area (Å²) in [5, 5.41) is 3.32. The molecular formula is C13H29N5O. The van der Waals surface area contributed by atoms with E-state index in [0.29, 0.717) is 12.0 Å². The molecule has 1 fully saturated rings. The van der Waals surface area contributed by atoms with Gasteiger partial charge in [0.2, 0.25) is 5.96 Å². The van der Waals surface area contributed by atoms with Crippen LogP contribution in [0.4, 0.5) is 0 Å². The fraction of sp³-hybridized carbons (Fsp3) is 0.923. The van der Waals surface area contributed by atoms with Crippen LogP contribution in [-0.4, -0.2) is 56.8 Å². The lowest BCUT2D eigenvalue weighted by Crippen LogP contribution is -2.49. The van der Waals surface area contributed by atoms with E-state index in [2.05, 4.69) is 27.6 Å². The molecule has 1 heterocycles. The molecule has 6 nitrogen and oxygen atoms in total. The molecule has 0 spiro atoms. The van der Waals surface area contributed by atoms with Gasteiger partial charge in [-0.2, -0.15) is 0 Å². The Morgan fingerprint density at radius 2 is 2.11 bits per heavy atom. The summed E-state index contributed by atoms with van der Waals surface area (Å²) >= 11 is 0. The van der Waals surface area contributed by atoms with Crippen molar-refractivity contribution in [2.45, 2.75) is 38.6 Å². The van der Waals surface area contributed by atoms with E-state index in [1.165, 1.54) is 32.4 Å². The number of likely N-dealkylation sites (tertiary alicyclic amines) is 1. The fourth-order valence-corrected chi connectivity index (χ4v) is 2.34. The van der Waals surface area contributed by atoms with E-state index in [-0.39, 0.29) is 0 Å². The predicted molar refractivity (Wildman–Crippen MR) is 79.0 cm³/mol. The van der Waals surface area contributed by atoms with Crippen molar-refractivity contribution < 1.29 is 4.74 Å². The average Bonchev–Trinajstić information content (AvgIpc) is 2.43. The van der Waals surface area contributed by atoms with Crippen molar-refractivity contribution in [2.75, 3.05) is 39.9 Å². The standard InChI is InChI=1S/C13H29N5O/c1-12(11-18-8-4-3-5-9-18)16-13(17-14)15-7-6-10-19-2/h12H,3-11,14H2,1-2H3,(H2,15,16,17). The highest BCUT2D eigenvalue weighted by molar-refractivity contribution is 5.79. The van der Waals surface area contributed by atoms with E-state index in [1.54, 1.807) is 7.11 Å². The zero-order valence-corrected chi connectivity index (χ0v) is 12.3. The number of hydrogen-bond donors (Lipinski definition) is 3. The molecule has 1 aliphatic rings. The van der Waals surface area contributed by atoms with E-state index in [4.69, 9.17) is 10.6 Å². The molecular weight excluding hydrogens is 242 g/mol. The number of ether oxygens (including phenoxy) is 1. The lowest BCUT2D eigenvalue weighted by atomic mass is 10.1. The number of piperidine rings is 1. The molecule has 0 radical (unpaired) electrons. The number of nitrogens with zero attached hydrogens (tertiary/aromatic N) is 2. The Morgan fingerprint density at radius 1 is 1.37 bits per heavy atom. The van der Waals surface area contributed by atoms with Crippen LogP contribution in [0.3, 0.4) is 0 Å². The summed E-state index contributed by atoms with van der Waals surface area (Å²) in [6, 6.07) is 0.343. The second-order valence-corrected chi connectivity index (χ2v) is 5.13. The zero-order chi connectivity index (χ0) is 13.9. The summed E-state index contributed by atoms with van der Waals surface area (Å²) in [6.07, 6.45) is 4.92. The van der Waals surface area contributed by atoms with E-state index >= 15 is 0 Å². The molecule has 0 aliphatic carbocycles. The van der Waals surface area contributed by atoms with Gasteiger partial charge in [-0.15, -0.1) is 0 Å². The molecule has 0 aromatic rings. The maximum absolute atomic E-state index is 5.48. The molecule has 1 aliphatic heterocycles. The van der Waals surface area contributed by atoms with Gasteiger partial charge in [-0.25, -0.2) is 5.84 Å². The fourth-order valence-electron chi connectivity index (χ4n) is 2.34. The minimum Gasteiger partial charge on any atom is -0.385 e. The van der Waals surface area contributed by atoms with Gasteiger partial charge in [0.25, 0.3) is 0 Å². The summed E-state index contributed by atoms with van der Waals surface area (Å²) in [5.74, 6) is 6.15. The third-order valence-corrected chi connectivity index (χ3v) is 3.28. The van der Waals surface area contributed by atoms with Crippen LogP contribution >= 0.6 is 0 Å². The van der Waals surface area contributed by atoms with Crippen molar-refractivity contribution in [1.82, 2.24) is 15.6 Å². The van der Waals surface area contributed by atoms with Crippen molar-refractivity contribution in [3.8, 4) is 0 Å². The molecule has 1 unspecified atom stereocenters. The third-order valence-electron chi connectivity index (χ3n) is 3.28. The smallest absolute Gasteiger partial charge is 0.205 e. The first-order valence-electron chi connectivity index (χ1n) is 7.25. The van der Waals surface area contributed by atoms with Gasteiger partial charge in [0.05, 0.1) is 0 Å². The Kier molecular flexibility index (Phi) is 8.53. The van der Waals surface area contributed by atoms with Gasteiger partial charge in [-0.1, -0.05) is 6.42 Å². The SMILES string of the molecule is COCCCN=C(NN)NC(C)CN1CCCCC1. The summed E-state index contributed by atoms with van der Waals surface area (Å²) < 4.78 is 4.99. The van der Waals surface area contributed by atoms with Crippen LogP contribution in [-0.2, 0) is 4.74 Å². The maximum Gasteiger partial charge on any atom is 0.205 e. The van der Waals surface area contributed by atoms with Crippen LogP contribution in [0.5, 0.6) is 0 Å². The Bertz CT molecular complexity index is 253. The first-order chi connectivity index (χ1) is 9.26. The molecule has 0 aromatic carbocycles. The first-order valence-corrected chi connectivity index (χ1v) is 7.25. The molecule has 19 heavy (non-hydrogen) atoms. The lowest BCUT2D eigenvalue weighted by molar-refractivity contribution is 0.197. The maximum atomic E-state index is 5.48. The van der Waals surface area contributed by atoms with Crippen molar-refractivity contribution in [3.05, 3.63) is 0 Å². The number of methoxy groups -OCH3 is 1. The molecule has 4 N–H and O–H groups in total. The first kappa shape index (κ1) is 16.2. The van der Waals surface area contributed by atoms with Gasteiger partial charge >= 0.3 is 0 Å². The minimum atomic E-state index is 0.343. The Morgan fingerprint density at radius 3 is 2.74 bits per heavy atom. The van der Waals surface area contributed by atoms with Gasteiger partial charge in [-0.3, -0.25) is 10.4 Å². The molecule has 1 rings (SSSR count). The highest BCUT2D eigenvalue weighted by Gasteiger charge is 2.13. The highest BCUT2D eigenvalue weighted by atomic mass is 16.5. The van der Waals surface area contributed by atoms with Crippen LogP contribution in [0, 0.1) is 0 Å². The number of guanidine groups is 1. The summed E-state index contributed by atoms with van der Waals surface area (Å²) in [6.45, 7) is 7.07. The molecule has 1 saturated heterocycles. The Labute approximate surface area is 116 Å². The van der Waals surface area contributed by atoms with Crippen LogP contribution in [0.25, 0.3) is 0 Å². The second kappa shape index (κ2) is 10.00. The topological polar surface area (TPSA) is 74.9 Å². The van der Waals surface area contributed by atoms with E-state index < -0.39 is 0 Å². The van der Waals surface area contributed by atoms with Crippen molar-refractivity contribution in [1.29, 1.82) is 0 Å². The van der Waals surface area contributed by atoms with Gasteiger partial charge in [0.1, 0.15) is 0 Å². The molecule has 1 atom stereocenters. The second-order valence-electron chi connectivity index (χ2n) is 5.13. The van der Waals surface area contributed by atoms with E-state index in [1.807, 2.05) is 0 Å². The number of nitrogens with one attached hydrogen (secondary N) is 2. The minimum absolute atomic E-state index is 0.343. The molecule has 0 amide bonds. The van der Waals surface area contributed by atoms with Crippen molar-refractivity contribution in [2.24, 2.45) is 10.8 Å². The summed E-state index contributed by atoms with van der Waals surface area (Å²) in [4.78, 5) is 6.88. The van der Waals surface area contributed by atoms with Crippen LogP contribution in [0.1, 0.15) is 32.6 Å². The normalized spacial score (nSPS) is 19.2. The van der Waals surface area contributed by atoms with E-state index in [0.717, 1.165) is 26.1 Å². The average molecular weight is 271 g/mol. The third kappa shape index (κ3) is 7.34. The lowest BCUT2D eigenvalue weighted by Gasteiger charge is -2.29. The molecule has 0 aromatic heterocycles. The van der Waals surface area contributed by atoms with Gasteiger partial charge < -0.3 is 15.0 Å². The van der Waals surface area contributed by atoms with Crippen molar-refractivity contribution >= 4 is 5.96 Å². The van der Waals surface area contributed by atoms with Gasteiger partial charge in [0.15, 0.2) is 0 Å². The van der Waals surface area contributed by atoms with Crippen molar-refractivity contribution in [3.63, 3.8) is 0 Å². The van der Waals surface area contributed by atoms with Gasteiger partial charge in [-0.05, 0) is 39.3 Å². The number of hydrogen-bond acceptors (Lipinski definition) is 4. The van der Waals surface area contributed by atoms with Crippen LogP contribution in [0.2, 0.25) is 0 Å². The van der Waals surface area contributed by atoms with Crippen LogP contribution in [0.15, 0.2) is 4.99 Å². The zero-order valence-electron chi connectivity index (χ0n) is 12.3. The number of aliphatic imine (C=N–C) groups is 1. The Hall–Kier alpha value is -0.850. The monoisotopic (exact) mass is 271 g/mol. The molecule has 0 saturated carbocycles. The van der Waals surface area contributed by atoms with E-state index in [9.17, 15) is 0 Å². The van der Waals surface area contributed by atoms with Gasteiger partial charge in [0, 0.05) is 32.8 Å². The predicted octanol–water partition coefficient (Wildman–Crippen LogP) is 0.306. The molecule has 6 heteroatoms. The highest BCUT2D eigenvalue weighted by Crippen LogP contribution is 2.08. The summed E-state index contributed by atoms with van der Waals surface area (Å²) in [5.41, 5.74) is 2.63. The number of hydrazine groups is 1. The quantitative estimate of drug-likeness (QED) is 0.204. The largest absolute Gasteiger partial charge is 0.385 e.